The van der Waals surface area contributed by atoms with Crippen molar-refractivity contribution < 1.29 is 61.5 Å². The van der Waals surface area contributed by atoms with E-state index >= 15 is 0 Å². The van der Waals surface area contributed by atoms with Gasteiger partial charge in [-0.05, 0) is 0 Å². The van der Waals surface area contributed by atoms with Gasteiger partial charge in [0.1, 0.15) is 0 Å². The van der Waals surface area contributed by atoms with Crippen molar-refractivity contribution in [2.75, 3.05) is 0 Å². The molecular formula is CH6BaCeFNaO3. The Hall–Kier alpha value is 3.15. The molecule has 0 rings (SSSR count). The van der Waals surface area contributed by atoms with E-state index in [-0.39, 0.29) is 125 Å². The van der Waals surface area contributed by atoms with Gasteiger partial charge in [0.2, 0.25) is 0 Å². The van der Waals surface area contributed by atoms with Crippen LogP contribution < -0.4 is 0 Å². The molecular weight excluding hydrogens is 379 g/mol. The van der Waals surface area contributed by atoms with Gasteiger partial charge in [0.25, 0.3) is 0 Å². The normalized spacial score (nSPS) is 3.00. The third-order valence-electron chi connectivity index (χ3n) is 0. The first-order valence-electron chi connectivity index (χ1n) is 0.651. The van der Waals surface area contributed by atoms with Crippen molar-refractivity contribution in [2.45, 2.75) is 0 Å². The molecule has 0 heterocycles. The first-order chi connectivity index (χ1) is 1.73. The van der Waals surface area contributed by atoms with Crippen molar-refractivity contribution in [3.8, 4) is 0 Å². The fourth-order valence-electron chi connectivity index (χ4n) is 0. The van der Waals surface area contributed by atoms with Gasteiger partial charge in [-0.3, -0.25) is 4.70 Å². The zero-order chi connectivity index (χ0) is 3.58. The summed E-state index contributed by atoms with van der Waals surface area (Å²) in [6.45, 7) is 0. The van der Waals surface area contributed by atoms with Crippen LogP contribution in [0.1, 0.15) is 0 Å². The summed E-state index contributed by atoms with van der Waals surface area (Å²) in [7, 11) is 0. The second-order valence-corrected chi connectivity index (χ2v) is 0.283. The molecule has 0 aromatic carbocycles. The first-order valence-corrected chi connectivity index (χ1v) is 0.651. The summed E-state index contributed by atoms with van der Waals surface area (Å²) in [6, 6.07) is 0. The van der Waals surface area contributed by atoms with Crippen LogP contribution in [0.5, 0.6) is 0 Å². The molecule has 0 atom stereocenters. The molecule has 42 valence electrons. The Balaban J connectivity index is -0.00000000750. The van der Waals surface area contributed by atoms with Crippen molar-refractivity contribution in [3.63, 3.8) is 0 Å². The monoisotopic (exact) mass is 386 g/mol. The maximum absolute atomic E-state index is 8.56. The van der Waals surface area contributed by atoms with E-state index in [1.165, 1.54) is 0 Å². The Morgan fingerprint density at radius 1 is 1.25 bits per heavy atom. The summed E-state index contributed by atoms with van der Waals surface area (Å²) in [5.41, 5.74) is 0. The van der Waals surface area contributed by atoms with Crippen LogP contribution >= 0.6 is 0 Å². The summed E-state index contributed by atoms with van der Waals surface area (Å²) in [6.07, 6.45) is -1.83. The minimum absolute atomic E-state index is 0. The van der Waals surface area contributed by atoms with Gasteiger partial charge in [-0.2, -0.15) is 0 Å². The number of hydrogen-bond donors (Lipinski definition) is 2. The molecule has 0 bridgehead atoms. The predicted octanol–water partition coefficient (Wildman–Crippen LogP) is -1.19. The van der Waals surface area contributed by atoms with Gasteiger partial charge in [0.15, 0.2) is 0 Å². The Labute approximate surface area is 142 Å². The first kappa shape index (κ1) is 30.4. The SMILES string of the molecule is F.O=C(O)O.[BaH2].[Ce].[NaH]. The molecule has 2 N–H and O–H groups in total. The van der Waals surface area contributed by atoms with E-state index in [0.717, 1.165) is 0 Å². The van der Waals surface area contributed by atoms with Crippen LogP contribution in [0.2, 0.25) is 0 Å². The predicted molar refractivity (Wildman–Crippen MR) is 28.8 cm³/mol. The molecule has 0 aromatic heterocycles. The molecule has 0 unspecified atom stereocenters. The average molecular weight is 385 g/mol. The number of carboxylic acid groups (broad SMARTS) is 2. The standard InChI is InChI=1S/CH2O3.Ba.Ce.FH.Na.3H/c2-1(3)4;;;;;;;/h(H2,2,3,4);;;1H;;;;. The number of halogens is 1. The summed E-state index contributed by atoms with van der Waals surface area (Å²) in [5, 5.41) is 13.9. The molecule has 8 heavy (non-hydrogen) atoms. The third-order valence-corrected chi connectivity index (χ3v) is 0. The van der Waals surface area contributed by atoms with Gasteiger partial charge < -0.3 is 10.2 Å². The Kier molecular flexibility index (Phi) is 85.3. The number of hydrogen-bond acceptors (Lipinski definition) is 1. The second-order valence-electron chi connectivity index (χ2n) is 0.283. The van der Waals surface area contributed by atoms with Gasteiger partial charge in [-0.15, -0.1) is 0 Å². The fourth-order valence-corrected chi connectivity index (χ4v) is 0. The van der Waals surface area contributed by atoms with E-state index in [1.807, 2.05) is 0 Å². The van der Waals surface area contributed by atoms with Crippen LogP contribution in [-0.2, 0) is 0 Å². The van der Waals surface area contributed by atoms with Gasteiger partial charge in [0, 0.05) is 41.7 Å². The van der Waals surface area contributed by atoms with Crippen LogP contribution in [0.4, 0.5) is 9.50 Å². The molecule has 0 aliphatic carbocycles. The average Bonchev–Trinajstić information content (AvgIpc) is 0.811. The van der Waals surface area contributed by atoms with Crippen LogP contribution in [0.3, 0.4) is 0 Å². The molecule has 0 radical (unpaired) electrons. The molecule has 0 fully saturated rings. The van der Waals surface area contributed by atoms with Gasteiger partial charge in [-0.25, -0.2) is 4.79 Å². The van der Waals surface area contributed by atoms with Crippen LogP contribution in [-0.4, -0.2) is 94.8 Å². The van der Waals surface area contributed by atoms with E-state index in [1.54, 1.807) is 0 Å². The topological polar surface area (TPSA) is 57.5 Å². The Morgan fingerprint density at radius 3 is 1.25 bits per heavy atom. The van der Waals surface area contributed by atoms with E-state index in [4.69, 9.17) is 15.0 Å². The van der Waals surface area contributed by atoms with Crippen molar-refractivity contribution in [2.24, 2.45) is 0 Å². The number of rotatable bonds is 0. The second kappa shape index (κ2) is 22.5. The molecule has 0 spiro atoms. The summed E-state index contributed by atoms with van der Waals surface area (Å²) in [5.74, 6) is 0. The van der Waals surface area contributed by atoms with Crippen LogP contribution in [0, 0.1) is 41.7 Å². The van der Waals surface area contributed by atoms with Gasteiger partial charge in [0.05, 0.1) is 0 Å². The molecule has 7 heteroatoms. The maximum atomic E-state index is 8.56. The molecule has 0 aliphatic heterocycles. The molecule has 0 saturated heterocycles. The number of carbonyl (C=O) groups is 1. The van der Waals surface area contributed by atoms with Gasteiger partial charge >= 0.3 is 84.6 Å². The fraction of sp³-hybridized carbons (Fsp3) is 0. The van der Waals surface area contributed by atoms with Crippen molar-refractivity contribution in [1.29, 1.82) is 0 Å². The molecule has 3 nitrogen and oxygen atoms in total. The third kappa shape index (κ3) is 61.3. The van der Waals surface area contributed by atoms with E-state index < -0.39 is 6.16 Å². The van der Waals surface area contributed by atoms with Crippen molar-refractivity contribution in [1.82, 2.24) is 0 Å². The minimum atomic E-state index is -1.83. The van der Waals surface area contributed by atoms with Crippen molar-refractivity contribution >= 4 is 84.6 Å². The molecule has 0 amide bonds. The summed E-state index contributed by atoms with van der Waals surface area (Å²) >= 11 is 0. The summed E-state index contributed by atoms with van der Waals surface area (Å²) in [4.78, 5) is 8.56. The van der Waals surface area contributed by atoms with E-state index in [2.05, 4.69) is 0 Å². The zero-order valence-corrected chi connectivity index (χ0v) is 5.85. The van der Waals surface area contributed by atoms with E-state index in [0.29, 0.717) is 0 Å². The quantitative estimate of drug-likeness (QED) is 0.516. The van der Waals surface area contributed by atoms with Gasteiger partial charge in [-0.1, -0.05) is 0 Å². The summed E-state index contributed by atoms with van der Waals surface area (Å²) < 4.78 is 0. The van der Waals surface area contributed by atoms with E-state index in [9.17, 15) is 0 Å². The Bertz CT molecular complexity index is 42.3. The molecule has 0 aliphatic rings. The van der Waals surface area contributed by atoms with Crippen molar-refractivity contribution in [3.05, 3.63) is 0 Å². The molecule has 0 aromatic rings. The zero-order valence-electron chi connectivity index (χ0n) is 2.71. The van der Waals surface area contributed by atoms with Crippen LogP contribution in [0.15, 0.2) is 0 Å². The molecule has 0 saturated carbocycles. The Morgan fingerprint density at radius 2 is 1.25 bits per heavy atom. The van der Waals surface area contributed by atoms with Crippen LogP contribution in [0.25, 0.3) is 0 Å².